The second-order valence-electron chi connectivity index (χ2n) is 3.26. The van der Waals surface area contributed by atoms with E-state index < -0.39 is 0 Å². The number of hydrogen-bond acceptors (Lipinski definition) is 1. The van der Waals surface area contributed by atoms with Gasteiger partial charge in [-0.2, -0.15) is 0 Å². The van der Waals surface area contributed by atoms with Crippen LogP contribution in [0.15, 0.2) is 18.5 Å². The lowest BCUT2D eigenvalue weighted by Gasteiger charge is -1.96. The van der Waals surface area contributed by atoms with E-state index in [1.807, 2.05) is 6.20 Å². The minimum Gasteiger partial charge on any atom is -0.347 e. The second-order valence-corrected chi connectivity index (χ2v) is 3.26. The standard InChI is InChI=1S/C10H13BN2/c1-3-7-4-8-9(11-2)6-13-10(8)12-5-7/h4-6,11H,3H2,1-2H3,(H,12,13). The summed E-state index contributed by atoms with van der Waals surface area (Å²) in [5.41, 5.74) is 3.67. The predicted octanol–water partition coefficient (Wildman–Crippen LogP) is 1.24. The van der Waals surface area contributed by atoms with Crippen LogP contribution in [0.1, 0.15) is 12.5 Å². The molecular weight excluding hydrogens is 159 g/mol. The molecule has 0 saturated heterocycles. The van der Waals surface area contributed by atoms with E-state index in [0.717, 1.165) is 19.3 Å². The molecule has 2 aromatic heterocycles. The lowest BCUT2D eigenvalue weighted by molar-refractivity contribution is 1.12. The van der Waals surface area contributed by atoms with Gasteiger partial charge in [0.1, 0.15) is 5.65 Å². The van der Waals surface area contributed by atoms with Gasteiger partial charge >= 0.3 is 0 Å². The van der Waals surface area contributed by atoms with Crippen LogP contribution >= 0.6 is 0 Å². The number of pyridine rings is 1. The molecule has 0 unspecified atom stereocenters. The number of rotatable bonds is 2. The normalized spacial score (nSPS) is 10.6. The first-order chi connectivity index (χ1) is 6.35. The number of aromatic amines is 1. The van der Waals surface area contributed by atoms with Crippen molar-refractivity contribution >= 4 is 23.8 Å². The predicted molar refractivity (Wildman–Crippen MR) is 58.1 cm³/mol. The Morgan fingerprint density at radius 3 is 3.08 bits per heavy atom. The van der Waals surface area contributed by atoms with Crippen molar-refractivity contribution in [2.75, 3.05) is 0 Å². The number of hydrogen-bond donors (Lipinski definition) is 1. The smallest absolute Gasteiger partial charge is 0.157 e. The van der Waals surface area contributed by atoms with Crippen LogP contribution in [0.25, 0.3) is 11.0 Å². The molecule has 2 rings (SSSR count). The molecule has 0 aromatic carbocycles. The van der Waals surface area contributed by atoms with Crippen LogP contribution < -0.4 is 5.46 Å². The Hall–Kier alpha value is -1.25. The Morgan fingerprint density at radius 1 is 1.54 bits per heavy atom. The van der Waals surface area contributed by atoms with Gasteiger partial charge < -0.3 is 4.98 Å². The maximum Gasteiger partial charge on any atom is 0.157 e. The van der Waals surface area contributed by atoms with Crippen molar-refractivity contribution in [2.24, 2.45) is 0 Å². The van der Waals surface area contributed by atoms with Gasteiger partial charge in [0.25, 0.3) is 0 Å². The van der Waals surface area contributed by atoms with Gasteiger partial charge in [0.15, 0.2) is 7.28 Å². The highest BCUT2D eigenvalue weighted by Crippen LogP contribution is 2.09. The fourth-order valence-electron chi connectivity index (χ4n) is 1.59. The molecule has 0 spiro atoms. The molecular formula is C10H13BN2. The van der Waals surface area contributed by atoms with E-state index in [4.69, 9.17) is 0 Å². The zero-order valence-electron chi connectivity index (χ0n) is 8.09. The van der Waals surface area contributed by atoms with Gasteiger partial charge in [0.05, 0.1) is 0 Å². The summed E-state index contributed by atoms with van der Waals surface area (Å²) in [5.74, 6) is 0. The van der Waals surface area contributed by atoms with Crippen molar-refractivity contribution in [3.05, 3.63) is 24.0 Å². The molecule has 0 fully saturated rings. The maximum atomic E-state index is 4.37. The molecule has 0 aliphatic rings. The summed E-state index contributed by atoms with van der Waals surface area (Å²) in [6.45, 7) is 4.32. The fourth-order valence-corrected chi connectivity index (χ4v) is 1.59. The number of nitrogens with zero attached hydrogens (tertiary/aromatic N) is 1. The van der Waals surface area contributed by atoms with Crippen LogP contribution in [0.4, 0.5) is 0 Å². The van der Waals surface area contributed by atoms with E-state index in [1.165, 1.54) is 16.4 Å². The molecule has 2 aromatic rings. The molecule has 0 aliphatic carbocycles. The molecule has 66 valence electrons. The summed E-state index contributed by atoms with van der Waals surface area (Å²) in [7, 11) is 1.06. The van der Waals surface area contributed by atoms with Gasteiger partial charge in [-0.1, -0.05) is 19.2 Å². The lowest BCUT2D eigenvalue weighted by Crippen LogP contribution is -2.07. The van der Waals surface area contributed by atoms with E-state index in [9.17, 15) is 0 Å². The van der Waals surface area contributed by atoms with Crippen LogP contribution in [-0.4, -0.2) is 17.2 Å². The summed E-state index contributed by atoms with van der Waals surface area (Å²) in [4.78, 5) is 7.54. The van der Waals surface area contributed by atoms with Crippen LogP contribution in [0.3, 0.4) is 0 Å². The fraction of sp³-hybridized carbons (Fsp3) is 0.300. The lowest BCUT2D eigenvalue weighted by atomic mass is 9.73. The Balaban J connectivity index is 2.64. The van der Waals surface area contributed by atoms with E-state index in [0.29, 0.717) is 0 Å². The molecule has 0 amide bonds. The summed E-state index contributed by atoms with van der Waals surface area (Å²) >= 11 is 0. The molecule has 0 aliphatic heterocycles. The maximum absolute atomic E-state index is 4.37. The summed E-state index contributed by atoms with van der Waals surface area (Å²) in [5, 5.41) is 1.28. The molecule has 2 heterocycles. The molecule has 0 bridgehead atoms. The first-order valence-corrected chi connectivity index (χ1v) is 4.80. The molecule has 13 heavy (non-hydrogen) atoms. The topological polar surface area (TPSA) is 28.7 Å². The van der Waals surface area contributed by atoms with Gasteiger partial charge in [-0.05, 0) is 24.2 Å². The zero-order chi connectivity index (χ0) is 9.26. The van der Waals surface area contributed by atoms with Crippen LogP contribution in [-0.2, 0) is 6.42 Å². The number of aromatic nitrogens is 2. The van der Waals surface area contributed by atoms with Crippen LogP contribution in [0.5, 0.6) is 0 Å². The van der Waals surface area contributed by atoms with Crippen molar-refractivity contribution in [3.8, 4) is 0 Å². The Bertz CT molecular complexity index is 420. The molecule has 1 N–H and O–H groups in total. The van der Waals surface area contributed by atoms with Gasteiger partial charge in [-0.3, -0.25) is 0 Å². The Morgan fingerprint density at radius 2 is 2.38 bits per heavy atom. The van der Waals surface area contributed by atoms with E-state index in [2.05, 4.69) is 36.0 Å². The zero-order valence-corrected chi connectivity index (χ0v) is 8.09. The van der Waals surface area contributed by atoms with E-state index in [-0.39, 0.29) is 0 Å². The summed E-state index contributed by atoms with van der Waals surface area (Å²) < 4.78 is 0. The third kappa shape index (κ3) is 1.35. The third-order valence-electron chi connectivity index (χ3n) is 2.46. The largest absolute Gasteiger partial charge is 0.347 e. The monoisotopic (exact) mass is 172 g/mol. The molecule has 0 radical (unpaired) electrons. The molecule has 2 nitrogen and oxygen atoms in total. The second kappa shape index (κ2) is 3.25. The SMILES string of the molecule is CBc1c[nH]c2ncc(CC)cc12. The highest BCUT2D eigenvalue weighted by Gasteiger charge is 2.03. The quantitative estimate of drug-likeness (QED) is 0.678. The van der Waals surface area contributed by atoms with Crippen molar-refractivity contribution in [1.82, 2.24) is 9.97 Å². The van der Waals surface area contributed by atoms with Gasteiger partial charge in [0.2, 0.25) is 0 Å². The average molecular weight is 172 g/mol. The van der Waals surface area contributed by atoms with Crippen molar-refractivity contribution in [2.45, 2.75) is 20.2 Å². The third-order valence-corrected chi connectivity index (χ3v) is 2.46. The molecule has 3 heteroatoms. The van der Waals surface area contributed by atoms with Crippen LogP contribution in [0, 0.1) is 0 Å². The molecule has 0 saturated carbocycles. The highest BCUT2D eigenvalue weighted by atomic mass is 14.8. The summed E-state index contributed by atoms with van der Waals surface area (Å²) in [6.07, 6.45) is 5.05. The van der Waals surface area contributed by atoms with E-state index >= 15 is 0 Å². The van der Waals surface area contributed by atoms with Crippen LogP contribution in [0.2, 0.25) is 6.82 Å². The van der Waals surface area contributed by atoms with Crippen molar-refractivity contribution < 1.29 is 0 Å². The first kappa shape index (κ1) is 8.36. The van der Waals surface area contributed by atoms with Crippen molar-refractivity contribution in [1.29, 1.82) is 0 Å². The van der Waals surface area contributed by atoms with E-state index in [1.54, 1.807) is 0 Å². The summed E-state index contributed by atoms with van der Waals surface area (Å²) in [6, 6.07) is 2.23. The average Bonchev–Trinajstić information content (AvgIpc) is 2.59. The van der Waals surface area contributed by atoms with Gasteiger partial charge in [-0.15, -0.1) is 0 Å². The molecule has 0 atom stereocenters. The van der Waals surface area contributed by atoms with Crippen molar-refractivity contribution in [3.63, 3.8) is 0 Å². The van der Waals surface area contributed by atoms with Gasteiger partial charge in [-0.25, -0.2) is 4.98 Å². The Kier molecular flexibility index (Phi) is 2.09. The number of H-pyrrole nitrogens is 1. The first-order valence-electron chi connectivity index (χ1n) is 4.80. The van der Waals surface area contributed by atoms with Gasteiger partial charge in [0, 0.05) is 11.6 Å². The minimum atomic E-state index is 1.01. The minimum absolute atomic E-state index is 1.01. The highest BCUT2D eigenvalue weighted by molar-refractivity contribution is 6.55. The number of nitrogens with one attached hydrogen (secondary N) is 1. The Labute approximate surface area is 78.6 Å². The number of aryl methyl sites for hydroxylation is 1. The number of fused-ring (bicyclic) bond motifs is 1.